The number of unbranched alkanes of at least 4 members (excludes halogenated alkanes) is 17. The van der Waals surface area contributed by atoms with Gasteiger partial charge < -0.3 is 16.0 Å². The second-order valence-electron chi connectivity index (χ2n) is 8.32. The van der Waals surface area contributed by atoms with Crippen molar-refractivity contribution in [1.29, 1.82) is 0 Å². The third kappa shape index (κ3) is 20.0. The van der Waals surface area contributed by atoms with Crippen LogP contribution in [0.1, 0.15) is 136 Å². The maximum absolute atomic E-state index is 11.5. The van der Waals surface area contributed by atoms with Crippen molar-refractivity contribution < 1.29 is 14.6 Å². The molecule has 0 bridgehead atoms. The molecule has 4 N–H and O–H groups in total. The fourth-order valence-corrected chi connectivity index (χ4v) is 3.76. The highest BCUT2D eigenvalue weighted by atomic mass is 16.5. The molecular weight excluding hydrogens is 362 g/mol. The van der Waals surface area contributed by atoms with Crippen molar-refractivity contribution >= 4 is 5.97 Å². The molecule has 29 heavy (non-hydrogen) atoms. The summed E-state index contributed by atoms with van der Waals surface area (Å²) in [6, 6.07) is 0. The second kappa shape index (κ2) is 23.3. The minimum Gasteiger partial charge on any atom is -0.512 e. The van der Waals surface area contributed by atoms with Gasteiger partial charge in [-0.25, -0.2) is 4.79 Å². The number of esters is 1. The quantitative estimate of drug-likeness (QED) is 0.0905. The number of hydrogen-bond acceptors (Lipinski definition) is 4. The highest BCUT2D eigenvalue weighted by Crippen LogP contribution is 2.17. The lowest BCUT2D eigenvalue weighted by Gasteiger charge is -2.07. The number of carbonyl (C=O) groups is 1. The summed E-state index contributed by atoms with van der Waals surface area (Å²) in [5.41, 5.74) is 0.430. The number of rotatable bonds is 20. The van der Waals surface area contributed by atoms with Crippen LogP contribution in [0.3, 0.4) is 0 Å². The van der Waals surface area contributed by atoms with E-state index in [1.807, 2.05) is 0 Å². The van der Waals surface area contributed by atoms with Crippen LogP contribution in [0.25, 0.3) is 0 Å². The zero-order valence-electron chi connectivity index (χ0n) is 19.9. The average Bonchev–Trinajstić information content (AvgIpc) is 2.69. The summed E-state index contributed by atoms with van der Waals surface area (Å²) in [4.78, 5) is 11.5. The van der Waals surface area contributed by atoms with Crippen molar-refractivity contribution in [2.45, 2.75) is 136 Å². The van der Waals surface area contributed by atoms with E-state index in [9.17, 15) is 9.90 Å². The van der Waals surface area contributed by atoms with Crippen molar-refractivity contribution in [1.82, 2.24) is 6.15 Å². The van der Waals surface area contributed by atoms with E-state index in [0.717, 1.165) is 12.8 Å². The van der Waals surface area contributed by atoms with Crippen LogP contribution in [-0.2, 0) is 9.53 Å². The number of carbonyl (C=O) groups excluding carboxylic acids is 1. The van der Waals surface area contributed by atoms with Gasteiger partial charge in [-0.05, 0) is 19.8 Å². The van der Waals surface area contributed by atoms with Gasteiger partial charge in [0.2, 0.25) is 0 Å². The SMILES string of the molecule is CCCCCCCCCCCCCCCCCCCCC(C(=O)OC)=C(C)O.N. The summed E-state index contributed by atoms with van der Waals surface area (Å²) in [6.45, 7) is 3.84. The van der Waals surface area contributed by atoms with Crippen LogP contribution in [0, 0.1) is 0 Å². The van der Waals surface area contributed by atoms with Gasteiger partial charge in [0.15, 0.2) is 0 Å². The Morgan fingerprint density at radius 1 is 0.655 bits per heavy atom. The zero-order chi connectivity index (χ0) is 20.9. The molecule has 4 nitrogen and oxygen atoms in total. The Morgan fingerprint density at radius 2 is 0.966 bits per heavy atom. The molecule has 0 saturated carbocycles. The van der Waals surface area contributed by atoms with Gasteiger partial charge in [0.1, 0.15) is 0 Å². The lowest BCUT2D eigenvalue weighted by Crippen LogP contribution is -2.07. The fraction of sp³-hybridized carbons (Fsp3) is 0.880. The average molecular weight is 414 g/mol. The third-order valence-corrected chi connectivity index (χ3v) is 5.65. The van der Waals surface area contributed by atoms with E-state index < -0.39 is 5.97 Å². The molecule has 0 aromatic rings. The highest BCUT2D eigenvalue weighted by molar-refractivity contribution is 5.88. The maximum Gasteiger partial charge on any atom is 0.337 e. The molecule has 0 fully saturated rings. The van der Waals surface area contributed by atoms with Crippen LogP contribution in [0.2, 0.25) is 0 Å². The Bertz CT molecular complexity index is 390. The number of methoxy groups -OCH3 is 1. The lowest BCUT2D eigenvalue weighted by atomic mass is 10.0. The summed E-state index contributed by atoms with van der Waals surface area (Å²) in [5, 5.41) is 9.54. The first-order valence-electron chi connectivity index (χ1n) is 12.1. The van der Waals surface area contributed by atoms with E-state index in [2.05, 4.69) is 6.92 Å². The van der Waals surface area contributed by atoms with Crippen LogP contribution in [-0.4, -0.2) is 18.2 Å². The van der Waals surface area contributed by atoms with Crippen LogP contribution in [0.5, 0.6) is 0 Å². The number of ether oxygens (including phenoxy) is 1. The minimum atomic E-state index is -0.396. The lowest BCUT2D eigenvalue weighted by molar-refractivity contribution is -0.136. The van der Waals surface area contributed by atoms with Crippen LogP contribution in [0.15, 0.2) is 11.3 Å². The standard InChI is InChI=1S/C25H48O3.H3N/c1-4-5-6-7-8-9-10-11-12-13-14-15-16-17-18-19-20-21-22-24(23(2)26)25(27)28-3;/h26H,4-22H2,1-3H3;1H3. The highest BCUT2D eigenvalue weighted by Gasteiger charge is 2.12. The first-order valence-corrected chi connectivity index (χ1v) is 12.1. The monoisotopic (exact) mass is 413 g/mol. The summed E-state index contributed by atoms with van der Waals surface area (Å²) in [7, 11) is 1.36. The predicted octanol–water partition coefficient (Wildman–Crippen LogP) is 8.59. The van der Waals surface area contributed by atoms with E-state index >= 15 is 0 Å². The van der Waals surface area contributed by atoms with Crippen LogP contribution in [0.4, 0.5) is 0 Å². The molecule has 0 heterocycles. The Hall–Kier alpha value is -1.03. The number of aliphatic hydroxyl groups is 1. The van der Waals surface area contributed by atoms with E-state index in [1.165, 1.54) is 110 Å². The van der Waals surface area contributed by atoms with Gasteiger partial charge >= 0.3 is 5.97 Å². The Morgan fingerprint density at radius 3 is 1.24 bits per heavy atom. The number of hydrogen-bond donors (Lipinski definition) is 2. The fourth-order valence-electron chi connectivity index (χ4n) is 3.76. The maximum atomic E-state index is 11.5. The Kier molecular flexibility index (Phi) is 24.2. The van der Waals surface area contributed by atoms with Gasteiger partial charge in [-0.15, -0.1) is 0 Å². The molecule has 0 spiro atoms. The molecule has 0 aliphatic carbocycles. The van der Waals surface area contributed by atoms with Crippen LogP contribution < -0.4 is 6.15 Å². The second-order valence-corrected chi connectivity index (χ2v) is 8.32. The van der Waals surface area contributed by atoms with Crippen molar-refractivity contribution in [3.63, 3.8) is 0 Å². The molecule has 0 aliphatic heterocycles. The number of allylic oxidation sites excluding steroid dienone is 1. The van der Waals surface area contributed by atoms with Gasteiger partial charge in [-0.2, -0.15) is 0 Å². The largest absolute Gasteiger partial charge is 0.512 e. The molecule has 0 aromatic carbocycles. The molecule has 0 atom stereocenters. The zero-order valence-corrected chi connectivity index (χ0v) is 19.9. The molecular formula is C25H51NO3. The topological polar surface area (TPSA) is 81.5 Å². The Labute approximate surface area is 181 Å². The van der Waals surface area contributed by atoms with Crippen molar-refractivity contribution in [3.05, 3.63) is 11.3 Å². The minimum absolute atomic E-state index is 0. The van der Waals surface area contributed by atoms with Crippen molar-refractivity contribution in [3.8, 4) is 0 Å². The predicted molar refractivity (Wildman–Crippen MR) is 126 cm³/mol. The normalized spacial score (nSPS) is 11.7. The number of aliphatic hydroxyl groups excluding tert-OH is 1. The first kappa shape index (κ1) is 30.2. The van der Waals surface area contributed by atoms with Crippen molar-refractivity contribution in [2.75, 3.05) is 7.11 Å². The smallest absolute Gasteiger partial charge is 0.337 e. The first-order chi connectivity index (χ1) is 13.6. The summed E-state index contributed by atoms with van der Waals surface area (Å²) in [5.74, 6) is -0.300. The summed E-state index contributed by atoms with van der Waals surface area (Å²) >= 11 is 0. The molecule has 4 heteroatoms. The molecule has 0 unspecified atom stereocenters. The van der Waals surface area contributed by atoms with Gasteiger partial charge in [0.05, 0.1) is 18.4 Å². The Balaban J connectivity index is 0. The van der Waals surface area contributed by atoms with Gasteiger partial charge in [0.25, 0.3) is 0 Å². The van der Waals surface area contributed by atoms with E-state index in [0.29, 0.717) is 12.0 Å². The molecule has 0 radical (unpaired) electrons. The molecule has 0 aromatic heterocycles. The van der Waals surface area contributed by atoms with E-state index in [-0.39, 0.29) is 11.9 Å². The third-order valence-electron chi connectivity index (χ3n) is 5.65. The van der Waals surface area contributed by atoms with E-state index in [4.69, 9.17) is 4.74 Å². The van der Waals surface area contributed by atoms with Crippen molar-refractivity contribution in [2.24, 2.45) is 0 Å². The van der Waals surface area contributed by atoms with Gasteiger partial charge in [0, 0.05) is 0 Å². The van der Waals surface area contributed by atoms with Gasteiger partial charge in [-0.1, -0.05) is 116 Å². The molecule has 0 amide bonds. The molecule has 0 aliphatic rings. The summed E-state index contributed by atoms with van der Waals surface area (Å²) < 4.78 is 4.70. The molecule has 0 saturated heterocycles. The molecule has 174 valence electrons. The molecule has 0 rings (SSSR count). The van der Waals surface area contributed by atoms with E-state index in [1.54, 1.807) is 6.92 Å². The van der Waals surface area contributed by atoms with Crippen LogP contribution >= 0.6 is 0 Å². The van der Waals surface area contributed by atoms with Gasteiger partial charge in [-0.3, -0.25) is 0 Å². The summed E-state index contributed by atoms with van der Waals surface area (Å²) in [6.07, 6.45) is 24.9.